The van der Waals surface area contributed by atoms with Crippen molar-refractivity contribution in [1.82, 2.24) is 10.2 Å². The molecule has 2 amide bonds. The molecule has 1 N–H and O–H groups in total. The minimum absolute atomic E-state index is 0.208. The van der Waals surface area contributed by atoms with Gasteiger partial charge in [0, 0.05) is 42.1 Å². The van der Waals surface area contributed by atoms with Crippen LogP contribution >= 0.6 is 11.6 Å². The lowest BCUT2D eigenvalue weighted by Crippen LogP contribution is -2.50. The Bertz CT molecular complexity index is 1070. The molecule has 1 saturated heterocycles. The normalized spacial score (nSPS) is 21.4. The summed E-state index contributed by atoms with van der Waals surface area (Å²) in [6, 6.07) is 14.6. The number of piperidine rings is 1. The number of azo groups is 1. The molecule has 152 valence electrons. The molecular formula is C22H19ClN4O3. The highest BCUT2D eigenvalue weighted by Gasteiger charge is 2.47. The molecule has 0 radical (unpaired) electrons. The second kappa shape index (κ2) is 7.25. The molecule has 3 aliphatic rings. The van der Waals surface area contributed by atoms with Gasteiger partial charge in [0.15, 0.2) is 6.17 Å². The zero-order valence-corrected chi connectivity index (χ0v) is 16.8. The number of carbonyl (C=O) groups excluding carboxylic acids is 2. The molecule has 0 aromatic heterocycles. The van der Waals surface area contributed by atoms with Gasteiger partial charge in [0.1, 0.15) is 5.60 Å². The number of hydrogen-bond donors (Lipinski definition) is 1. The van der Waals surface area contributed by atoms with Crippen LogP contribution in [0, 0.1) is 0 Å². The number of amides is 2. The van der Waals surface area contributed by atoms with E-state index in [4.69, 9.17) is 16.3 Å². The van der Waals surface area contributed by atoms with Gasteiger partial charge < -0.3 is 15.0 Å². The van der Waals surface area contributed by atoms with Crippen molar-refractivity contribution in [2.24, 2.45) is 10.2 Å². The second-order valence-corrected chi connectivity index (χ2v) is 8.02. The minimum Gasteiger partial charge on any atom is -0.450 e. The van der Waals surface area contributed by atoms with Gasteiger partial charge >= 0.3 is 12.0 Å². The molecule has 30 heavy (non-hydrogen) atoms. The van der Waals surface area contributed by atoms with Crippen LogP contribution in [0.3, 0.4) is 0 Å². The summed E-state index contributed by atoms with van der Waals surface area (Å²) in [5, 5.41) is 11.8. The highest BCUT2D eigenvalue weighted by molar-refractivity contribution is 6.30. The Morgan fingerprint density at radius 2 is 1.87 bits per heavy atom. The van der Waals surface area contributed by atoms with E-state index in [1.165, 1.54) is 0 Å². The fourth-order valence-corrected chi connectivity index (χ4v) is 4.32. The predicted octanol–water partition coefficient (Wildman–Crippen LogP) is 4.34. The highest BCUT2D eigenvalue weighted by Crippen LogP contribution is 2.43. The smallest absolute Gasteiger partial charge is 0.339 e. The van der Waals surface area contributed by atoms with Crippen molar-refractivity contribution in [3.05, 3.63) is 76.3 Å². The van der Waals surface area contributed by atoms with Crippen LogP contribution in [-0.4, -0.2) is 36.2 Å². The van der Waals surface area contributed by atoms with Crippen LogP contribution in [0.25, 0.3) is 5.70 Å². The third kappa shape index (κ3) is 3.25. The van der Waals surface area contributed by atoms with E-state index in [1.54, 1.807) is 23.1 Å². The van der Waals surface area contributed by atoms with Gasteiger partial charge in [-0.15, -0.1) is 0 Å². The summed E-state index contributed by atoms with van der Waals surface area (Å²) in [6.07, 6.45) is 2.44. The first-order valence-electron chi connectivity index (χ1n) is 9.81. The van der Waals surface area contributed by atoms with Crippen LogP contribution in [0.1, 0.15) is 34.3 Å². The fraction of sp³-hybridized carbons (Fsp3) is 0.273. The number of carbonyl (C=O) groups is 2. The number of fused-ring (bicyclic) bond motifs is 2. The van der Waals surface area contributed by atoms with Crippen LogP contribution in [0.4, 0.5) is 4.79 Å². The van der Waals surface area contributed by atoms with Gasteiger partial charge in [0.2, 0.25) is 0 Å². The molecule has 8 heteroatoms. The average Bonchev–Trinajstić information content (AvgIpc) is 3.33. The molecule has 2 aromatic rings. The van der Waals surface area contributed by atoms with E-state index in [-0.39, 0.29) is 12.0 Å². The molecule has 1 atom stereocenters. The predicted molar refractivity (Wildman–Crippen MR) is 111 cm³/mol. The summed E-state index contributed by atoms with van der Waals surface area (Å²) < 4.78 is 5.74. The maximum atomic E-state index is 12.7. The summed E-state index contributed by atoms with van der Waals surface area (Å²) >= 11 is 5.92. The Kier molecular flexibility index (Phi) is 4.55. The fourth-order valence-electron chi connectivity index (χ4n) is 4.19. The number of nitrogens with one attached hydrogen (secondary N) is 1. The zero-order chi connectivity index (χ0) is 20.7. The quantitative estimate of drug-likeness (QED) is 0.730. The highest BCUT2D eigenvalue weighted by atomic mass is 35.5. The topological polar surface area (TPSA) is 83.4 Å². The standard InChI is InChI=1S/C22H19ClN4O3/c23-15-7-5-14(6-8-15)18-13-19(26-25-18)24-21(29)27-11-9-22(10-12-27)17-4-2-1-3-16(17)20(28)30-22/h1-8,13,19H,9-12H2,(H,24,29). The average molecular weight is 423 g/mol. The molecular weight excluding hydrogens is 404 g/mol. The van der Waals surface area contributed by atoms with Gasteiger partial charge in [0.05, 0.1) is 11.3 Å². The summed E-state index contributed by atoms with van der Waals surface area (Å²) in [4.78, 5) is 26.6. The first-order valence-corrected chi connectivity index (χ1v) is 10.2. The van der Waals surface area contributed by atoms with Gasteiger partial charge in [-0.05, 0) is 24.3 Å². The number of urea groups is 1. The number of nitrogens with zero attached hydrogens (tertiary/aromatic N) is 3. The second-order valence-electron chi connectivity index (χ2n) is 7.59. The summed E-state index contributed by atoms with van der Waals surface area (Å²) in [7, 11) is 0. The molecule has 1 fully saturated rings. The van der Waals surface area contributed by atoms with Crippen molar-refractivity contribution in [1.29, 1.82) is 0 Å². The van der Waals surface area contributed by atoms with Crippen LogP contribution < -0.4 is 5.32 Å². The maximum Gasteiger partial charge on any atom is 0.339 e. The maximum absolute atomic E-state index is 12.7. The van der Waals surface area contributed by atoms with E-state index in [2.05, 4.69) is 15.5 Å². The van der Waals surface area contributed by atoms with E-state index in [1.807, 2.05) is 36.4 Å². The Labute approximate surface area is 178 Å². The molecule has 3 aliphatic heterocycles. The first-order chi connectivity index (χ1) is 14.5. The zero-order valence-electron chi connectivity index (χ0n) is 16.0. The Morgan fingerprint density at radius 1 is 1.13 bits per heavy atom. The van der Waals surface area contributed by atoms with Crippen molar-refractivity contribution >= 4 is 29.3 Å². The van der Waals surface area contributed by atoms with Gasteiger partial charge in [0.25, 0.3) is 0 Å². The van der Waals surface area contributed by atoms with E-state index < -0.39 is 11.8 Å². The molecule has 7 nitrogen and oxygen atoms in total. The van der Waals surface area contributed by atoms with Crippen molar-refractivity contribution in [2.75, 3.05) is 13.1 Å². The molecule has 0 aliphatic carbocycles. The van der Waals surface area contributed by atoms with Crippen LogP contribution in [0.5, 0.6) is 0 Å². The van der Waals surface area contributed by atoms with Gasteiger partial charge in [-0.1, -0.05) is 41.9 Å². The summed E-state index contributed by atoms with van der Waals surface area (Å²) in [5.74, 6) is -0.283. The molecule has 0 saturated carbocycles. The molecule has 3 heterocycles. The lowest BCUT2D eigenvalue weighted by atomic mass is 9.84. The van der Waals surface area contributed by atoms with Crippen molar-refractivity contribution in [3.8, 4) is 0 Å². The van der Waals surface area contributed by atoms with Crippen LogP contribution in [-0.2, 0) is 10.3 Å². The number of hydrogen-bond acceptors (Lipinski definition) is 5. The monoisotopic (exact) mass is 422 g/mol. The van der Waals surface area contributed by atoms with Crippen LogP contribution in [0.2, 0.25) is 5.02 Å². The van der Waals surface area contributed by atoms with Crippen molar-refractivity contribution < 1.29 is 14.3 Å². The summed E-state index contributed by atoms with van der Waals surface area (Å²) in [5.41, 5.74) is 2.52. The van der Waals surface area contributed by atoms with Gasteiger partial charge in [-0.3, -0.25) is 0 Å². The number of ether oxygens (including phenoxy) is 1. The summed E-state index contributed by atoms with van der Waals surface area (Å²) in [6.45, 7) is 0.982. The number of halogens is 1. The van der Waals surface area contributed by atoms with Crippen molar-refractivity contribution in [2.45, 2.75) is 24.6 Å². The largest absolute Gasteiger partial charge is 0.450 e. The lowest BCUT2D eigenvalue weighted by molar-refractivity contribution is -0.0370. The third-order valence-corrected chi connectivity index (χ3v) is 6.05. The Hall–Kier alpha value is -3.19. The van der Waals surface area contributed by atoms with Crippen LogP contribution in [0.15, 0.2) is 64.8 Å². The lowest BCUT2D eigenvalue weighted by Gasteiger charge is -2.38. The van der Waals surface area contributed by atoms with Gasteiger partial charge in [-0.2, -0.15) is 10.2 Å². The Balaban J connectivity index is 1.22. The molecule has 1 spiro atoms. The van der Waals surface area contributed by atoms with E-state index >= 15 is 0 Å². The molecule has 0 bridgehead atoms. The van der Waals surface area contributed by atoms with E-state index in [9.17, 15) is 9.59 Å². The SMILES string of the molecule is O=C1OC2(CCN(C(=O)NC3C=C(c4ccc(Cl)cc4)N=N3)CC2)c2ccccc21. The van der Waals surface area contributed by atoms with E-state index in [0.717, 1.165) is 11.1 Å². The van der Waals surface area contributed by atoms with E-state index in [0.29, 0.717) is 42.2 Å². The molecule has 5 rings (SSSR count). The number of benzene rings is 2. The number of likely N-dealkylation sites (tertiary alicyclic amines) is 1. The number of esters is 1. The number of rotatable bonds is 2. The van der Waals surface area contributed by atoms with Crippen molar-refractivity contribution in [3.63, 3.8) is 0 Å². The Morgan fingerprint density at radius 3 is 2.63 bits per heavy atom. The third-order valence-electron chi connectivity index (χ3n) is 5.80. The van der Waals surface area contributed by atoms with Gasteiger partial charge in [-0.25, -0.2) is 9.59 Å². The first kappa shape index (κ1) is 18.8. The molecule has 1 unspecified atom stereocenters. The molecule has 2 aromatic carbocycles. The minimum atomic E-state index is -0.626.